The Bertz CT molecular complexity index is 1280. The lowest BCUT2D eigenvalue weighted by Crippen LogP contribution is -2.33. The predicted octanol–water partition coefficient (Wildman–Crippen LogP) is 4.85. The van der Waals surface area contributed by atoms with Crippen molar-refractivity contribution in [1.82, 2.24) is 9.36 Å². The molecule has 1 aliphatic heterocycles. The van der Waals surface area contributed by atoms with E-state index in [0.717, 1.165) is 16.7 Å². The number of nitrogens with zero attached hydrogens (tertiary/aromatic N) is 3. The van der Waals surface area contributed by atoms with E-state index < -0.39 is 5.91 Å². The molecule has 2 heterocycles. The minimum atomic E-state index is -0.452. The number of halogens is 2. The molecule has 0 unspecified atom stereocenters. The summed E-state index contributed by atoms with van der Waals surface area (Å²) in [4.78, 5) is 27.8. The Hall–Kier alpha value is -2.74. The monoisotopic (exact) mass is 458 g/mol. The summed E-state index contributed by atoms with van der Waals surface area (Å²) in [6, 6.07) is 14.3. The van der Waals surface area contributed by atoms with Gasteiger partial charge in [0.05, 0.1) is 26.3 Å². The molecule has 6 nitrogen and oxygen atoms in total. The molecule has 0 aliphatic carbocycles. The first kappa shape index (κ1) is 20.5. The van der Waals surface area contributed by atoms with E-state index in [2.05, 4.69) is 0 Å². The molecule has 9 heteroatoms. The molecule has 3 aromatic rings. The summed E-state index contributed by atoms with van der Waals surface area (Å²) in [6.45, 7) is 1.75. The molecule has 0 spiro atoms. The molecule has 0 atom stereocenters. The van der Waals surface area contributed by atoms with Gasteiger partial charge in [-0.1, -0.05) is 53.5 Å². The number of rotatable bonds is 3. The fraction of sp³-hybridized carbons (Fsp3) is 0.0952. The largest absolute Gasteiger partial charge is 0.296 e. The second kappa shape index (κ2) is 7.83. The third kappa shape index (κ3) is 3.29. The van der Waals surface area contributed by atoms with Gasteiger partial charge in [-0.2, -0.15) is 0 Å². The number of para-hydroxylation sites is 1. The SMILES string of the molecule is Cc1c(N2C(=N)S/C(=C\c3cccc(Cl)c3Cl)C2=O)c(=O)n(-c2ccccc2)n1C. The molecular formula is C21H16Cl2N4O2S. The van der Waals surface area contributed by atoms with Crippen LogP contribution in [0.1, 0.15) is 11.3 Å². The van der Waals surface area contributed by atoms with Crippen molar-refractivity contribution in [2.24, 2.45) is 7.05 Å². The Morgan fingerprint density at radius 2 is 1.73 bits per heavy atom. The van der Waals surface area contributed by atoms with E-state index in [1.54, 1.807) is 42.9 Å². The molecular weight excluding hydrogens is 443 g/mol. The quantitative estimate of drug-likeness (QED) is 0.570. The highest BCUT2D eigenvalue weighted by Gasteiger charge is 2.38. The number of hydrogen-bond acceptors (Lipinski definition) is 4. The van der Waals surface area contributed by atoms with Crippen molar-refractivity contribution in [3.8, 4) is 5.69 Å². The minimum Gasteiger partial charge on any atom is -0.283 e. The Morgan fingerprint density at radius 1 is 1.03 bits per heavy atom. The first-order valence-electron chi connectivity index (χ1n) is 8.92. The summed E-state index contributed by atoms with van der Waals surface area (Å²) in [7, 11) is 1.74. The number of anilines is 1. The van der Waals surface area contributed by atoms with Gasteiger partial charge in [-0.05, 0) is 48.5 Å². The van der Waals surface area contributed by atoms with Crippen molar-refractivity contribution in [2.75, 3.05) is 4.90 Å². The van der Waals surface area contributed by atoms with Crippen molar-refractivity contribution >= 4 is 57.8 Å². The highest BCUT2D eigenvalue weighted by Crippen LogP contribution is 2.37. The molecule has 30 heavy (non-hydrogen) atoms. The van der Waals surface area contributed by atoms with Crippen LogP contribution >= 0.6 is 35.0 Å². The van der Waals surface area contributed by atoms with Crippen LogP contribution in [0.4, 0.5) is 5.69 Å². The average Bonchev–Trinajstić information content (AvgIpc) is 3.11. The van der Waals surface area contributed by atoms with Gasteiger partial charge in [-0.25, -0.2) is 9.58 Å². The van der Waals surface area contributed by atoms with Gasteiger partial charge in [-0.15, -0.1) is 0 Å². The molecule has 152 valence electrons. The molecule has 1 aliphatic rings. The smallest absolute Gasteiger partial charge is 0.283 e. The average molecular weight is 459 g/mol. The van der Waals surface area contributed by atoms with Crippen LogP contribution in [0.2, 0.25) is 10.0 Å². The molecule has 1 N–H and O–H groups in total. The maximum atomic E-state index is 13.2. The van der Waals surface area contributed by atoms with E-state index in [0.29, 0.717) is 27.0 Å². The van der Waals surface area contributed by atoms with Crippen LogP contribution < -0.4 is 10.5 Å². The lowest BCUT2D eigenvalue weighted by Gasteiger charge is -2.12. The van der Waals surface area contributed by atoms with Gasteiger partial charge in [0.1, 0.15) is 5.69 Å². The normalized spacial score (nSPS) is 15.5. The molecule has 1 aromatic heterocycles. The summed E-state index contributed by atoms with van der Waals surface area (Å²) in [5.41, 5.74) is 1.60. The van der Waals surface area contributed by atoms with Crippen LogP contribution in [0.5, 0.6) is 0 Å². The standard InChI is InChI=1S/C21H16Cl2N4O2S/c1-12-18(20(29)27(25(12)2)14-8-4-3-5-9-14)26-19(28)16(30-21(26)24)11-13-7-6-10-15(22)17(13)23/h3-11,24H,1-2H3/b16-11-,24-21?. The van der Waals surface area contributed by atoms with Gasteiger partial charge in [0.15, 0.2) is 5.17 Å². The molecule has 2 aromatic carbocycles. The minimum absolute atomic E-state index is 0.0459. The summed E-state index contributed by atoms with van der Waals surface area (Å²) in [5, 5.41) is 9.01. The highest BCUT2D eigenvalue weighted by atomic mass is 35.5. The molecule has 0 radical (unpaired) electrons. The van der Waals surface area contributed by atoms with Gasteiger partial charge in [0, 0.05) is 7.05 Å². The number of carbonyl (C=O) groups excluding carboxylic acids is 1. The zero-order chi connectivity index (χ0) is 21.6. The van der Waals surface area contributed by atoms with Gasteiger partial charge in [-0.3, -0.25) is 19.7 Å². The molecule has 4 rings (SSSR count). The zero-order valence-electron chi connectivity index (χ0n) is 16.0. The lowest BCUT2D eigenvalue weighted by atomic mass is 10.2. The number of thioether (sulfide) groups is 1. The predicted molar refractivity (Wildman–Crippen MR) is 123 cm³/mol. The number of carbonyl (C=O) groups is 1. The van der Waals surface area contributed by atoms with Crippen LogP contribution in [-0.4, -0.2) is 20.4 Å². The Kier molecular flexibility index (Phi) is 5.36. The van der Waals surface area contributed by atoms with E-state index in [9.17, 15) is 9.59 Å². The van der Waals surface area contributed by atoms with E-state index in [1.807, 2.05) is 30.3 Å². The Morgan fingerprint density at radius 3 is 2.43 bits per heavy atom. The van der Waals surface area contributed by atoms with Crippen molar-refractivity contribution in [3.05, 3.63) is 85.1 Å². The maximum absolute atomic E-state index is 13.2. The van der Waals surface area contributed by atoms with Gasteiger partial charge in [0.2, 0.25) is 0 Å². The topological polar surface area (TPSA) is 71.1 Å². The number of aromatic nitrogens is 2. The molecule has 1 saturated heterocycles. The zero-order valence-corrected chi connectivity index (χ0v) is 18.3. The number of benzene rings is 2. The second-order valence-corrected chi connectivity index (χ2v) is 8.43. The fourth-order valence-electron chi connectivity index (χ4n) is 3.28. The van der Waals surface area contributed by atoms with Gasteiger partial charge < -0.3 is 0 Å². The summed E-state index contributed by atoms with van der Waals surface area (Å²) >= 11 is 13.3. The number of nitrogens with one attached hydrogen (secondary N) is 1. The van der Waals surface area contributed by atoms with Crippen molar-refractivity contribution in [3.63, 3.8) is 0 Å². The molecule has 0 saturated carbocycles. The summed E-state index contributed by atoms with van der Waals surface area (Å²) in [5.74, 6) is -0.452. The van der Waals surface area contributed by atoms with E-state index in [1.165, 1.54) is 4.68 Å². The van der Waals surface area contributed by atoms with Crippen LogP contribution in [0, 0.1) is 12.3 Å². The third-order valence-corrected chi connectivity index (χ3v) is 6.56. The summed E-state index contributed by atoms with van der Waals surface area (Å²) < 4.78 is 3.15. The summed E-state index contributed by atoms with van der Waals surface area (Å²) in [6.07, 6.45) is 1.59. The molecule has 1 amide bonds. The maximum Gasteiger partial charge on any atom is 0.296 e. The van der Waals surface area contributed by atoms with Crippen LogP contribution in [-0.2, 0) is 11.8 Å². The number of amidine groups is 1. The number of amides is 1. The first-order chi connectivity index (χ1) is 14.3. The first-order valence-corrected chi connectivity index (χ1v) is 10.5. The van der Waals surface area contributed by atoms with Gasteiger partial charge >= 0.3 is 0 Å². The van der Waals surface area contributed by atoms with E-state index in [4.69, 9.17) is 28.6 Å². The third-order valence-electron chi connectivity index (χ3n) is 4.84. The van der Waals surface area contributed by atoms with E-state index >= 15 is 0 Å². The van der Waals surface area contributed by atoms with Crippen molar-refractivity contribution in [2.45, 2.75) is 6.92 Å². The van der Waals surface area contributed by atoms with E-state index in [-0.39, 0.29) is 21.3 Å². The fourth-order valence-corrected chi connectivity index (χ4v) is 4.48. The van der Waals surface area contributed by atoms with Crippen molar-refractivity contribution < 1.29 is 4.79 Å². The van der Waals surface area contributed by atoms with Crippen molar-refractivity contribution in [1.29, 1.82) is 5.41 Å². The Labute approximate surface area is 186 Å². The van der Waals surface area contributed by atoms with Crippen LogP contribution in [0.25, 0.3) is 11.8 Å². The van der Waals surface area contributed by atoms with Crippen LogP contribution in [0.15, 0.2) is 58.2 Å². The van der Waals surface area contributed by atoms with Crippen LogP contribution in [0.3, 0.4) is 0 Å². The highest BCUT2D eigenvalue weighted by molar-refractivity contribution is 8.19. The number of hydrogen-bond donors (Lipinski definition) is 1. The Balaban J connectivity index is 1.80. The van der Waals surface area contributed by atoms with Gasteiger partial charge in [0.25, 0.3) is 11.5 Å². The molecule has 0 bridgehead atoms. The molecule has 1 fully saturated rings. The lowest BCUT2D eigenvalue weighted by molar-refractivity contribution is -0.113. The second-order valence-electron chi connectivity index (χ2n) is 6.61.